The zero-order valence-corrected chi connectivity index (χ0v) is 18.3. The number of nitrogens with one attached hydrogen (secondary N) is 1. The van der Waals surface area contributed by atoms with E-state index in [1.807, 2.05) is 30.3 Å². The van der Waals surface area contributed by atoms with E-state index in [1.54, 1.807) is 36.7 Å². The summed E-state index contributed by atoms with van der Waals surface area (Å²) in [5.74, 6) is -1.48. The van der Waals surface area contributed by atoms with Crippen molar-refractivity contribution in [2.75, 3.05) is 11.9 Å². The highest BCUT2D eigenvalue weighted by Crippen LogP contribution is 2.61. The van der Waals surface area contributed by atoms with Crippen LogP contribution in [0.5, 0.6) is 0 Å². The first-order valence-electron chi connectivity index (χ1n) is 11.4. The zero-order valence-electron chi connectivity index (χ0n) is 18.3. The number of hydrogen-bond donors (Lipinski definition) is 1. The SMILES string of the molecule is O=C(c1ccncc1)[C@@H]1[C@@H](c2cccc([N+](=O)[O-])c2)[C@@H]2CCCN2[C@]12C(=O)Nc1ccccc12. The molecule has 2 aromatic carbocycles. The van der Waals surface area contributed by atoms with Crippen molar-refractivity contribution in [1.29, 1.82) is 0 Å². The molecule has 1 N–H and O–H groups in total. The standard InChI is InChI=1S/C26H22N4O4/c31-24(16-10-12-27-13-11-16)23-22(17-5-3-6-18(15-17)30(33)34)21-9-4-14-29(21)26(23)19-7-1-2-8-20(19)28-25(26)32/h1-3,5-8,10-13,15,21-23H,4,9,14H2,(H,28,32)/t21-,22-,23-,26-/m0/s1. The molecule has 0 radical (unpaired) electrons. The average Bonchev–Trinajstić information content (AvgIpc) is 3.52. The minimum Gasteiger partial charge on any atom is -0.324 e. The molecular formula is C26H22N4O4. The number of para-hydroxylation sites is 1. The fourth-order valence-electron chi connectivity index (χ4n) is 6.43. The van der Waals surface area contributed by atoms with Gasteiger partial charge in [0.05, 0.1) is 10.8 Å². The number of amides is 1. The minimum atomic E-state index is -1.17. The predicted octanol–water partition coefficient (Wildman–Crippen LogP) is 3.90. The highest BCUT2D eigenvalue weighted by atomic mass is 16.6. The summed E-state index contributed by atoms with van der Waals surface area (Å²) in [4.78, 5) is 45.5. The molecule has 4 atom stereocenters. The van der Waals surface area contributed by atoms with Crippen LogP contribution in [0.1, 0.15) is 40.2 Å². The topological polar surface area (TPSA) is 105 Å². The normalized spacial score (nSPS) is 27.4. The lowest BCUT2D eigenvalue weighted by atomic mass is 9.69. The number of rotatable bonds is 4. The van der Waals surface area contributed by atoms with Crippen molar-refractivity contribution in [2.24, 2.45) is 5.92 Å². The second kappa shape index (κ2) is 7.56. The van der Waals surface area contributed by atoms with E-state index in [2.05, 4.69) is 15.2 Å². The fourth-order valence-corrected chi connectivity index (χ4v) is 6.43. The van der Waals surface area contributed by atoms with Crippen molar-refractivity contribution < 1.29 is 14.5 Å². The summed E-state index contributed by atoms with van der Waals surface area (Å²) in [5, 5.41) is 14.6. The Balaban J connectivity index is 1.62. The molecule has 6 rings (SSSR count). The third kappa shape index (κ3) is 2.72. The van der Waals surface area contributed by atoms with Crippen molar-refractivity contribution in [3.63, 3.8) is 0 Å². The van der Waals surface area contributed by atoms with Crippen LogP contribution in [0, 0.1) is 16.0 Å². The Labute approximate surface area is 195 Å². The van der Waals surface area contributed by atoms with Gasteiger partial charge in [0, 0.05) is 53.3 Å². The molecule has 0 aliphatic carbocycles. The van der Waals surface area contributed by atoms with E-state index in [1.165, 1.54) is 6.07 Å². The maximum absolute atomic E-state index is 14.2. The largest absolute Gasteiger partial charge is 0.324 e. The minimum absolute atomic E-state index is 0.0191. The molecule has 0 bridgehead atoms. The van der Waals surface area contributed by atoms with Crippen LogP contribution in [0.15, 0.2) is 73.1 Å². The van der Waals surface area contributed by atoms with Gasteiger partial charge < -0.3 is 5.32 Å². The maximum atomic E-state index is 14.2. The van der Waals surface area contributed by atoms with Gasteiger partial charge in [-0.3, -0.25) is 29.6 Å². The van der Waals surface area contributed by atoms with E-state index >= 15 is 0 Å². The van der Waals surface area contributed by atoms with Crippen LogP contribution in [-0.2, 0) is 10.3 Å². The number of Topliss-reactive ketones (excluding diaryl/α,β-unsaturated/α-hetero) is 1. The summed E-state index contributed by atoms with van der Waals surface area (Å²) in [6.45, 7) is 0.679. The Morgan fingerprint density at radius 2 is 1.91 bits per heavy atom. The number of benzene rings is 2. The number of non-ortho nitro benzene ring substituents is 1. The summed E-state index contributed by atoms with van der Waals surface area (Å²) >= 11 is 0. The smallest absolute Gasteiger partial charge is 0.269 e. The number of carbonyl (C=O) groups is 2. The van der Waals surface area contributed by atoms with Crippen LogP contribution in [0.25, 0.3) is 0 Å². The van der Waals surface area contributed by atoms with Crippen LogP contribution in [0.4, 0.5) is 11.4 Å². The zero-order chi connectivity index (χ0) is 23.4. The van der Waals surface area contributed by atoms with Crippen molar-refractivity contribution in [3.05, 3.63) is 99.9 Å². The van der Waals surface area contributed by atoms with E-state index in [0.717, 1.165) is 18.4 Å². The Morgan fingerprint density at radius 3 is 2.71 bits per heavy atom. The lowest BCUT2D eigenvalue weighted by Gasteiger charge is -2.36. The number of ketones is 1. The number of aromatic nitrogens is 1. The van der Waals surface area contributed by atoms with Crippen LogP contribution < -0.4 is 5.32 Å². The summed E-state index contributed by atoms with van der Waals surface area (Å²) in [6.07, 6.45) is 4.84. The van der Waals surface area contributed by atoms with Gasteiger partial charge >= 0.3 is 0 Å². The lowest BCUT2D eigenvalue weighted by molar-refractivity contribution is -0.384. The third-order valence-corrected chi connectivity index (χ3v) is 7.62. The van der Waals surface area contributed by atoms with Crippen molar-refractivity contribution >= 4 is 23.1 Å². The first kappa shape index (κ1) is 20.7. The highest BCUT2D eigenvalue weighted by Gasteiger charge is 2.69. The number of anilines is 1. The number of nitro groups is 1. The summed E-state index contributed by atoms with van der Waals surface area (Å²) in [5.41, 5.74) is 1.51. The number of pyridine rings is 1. The molecule has 1 spiro atoms. The van der Waals surface area contributed by atoms with Gasteiger partial charge in [-0.15, -0.1) is 0 Å². The van der Waals surface area contributed by atoms with Gasteiger partial charge in [-0.05, 0) is 43.1 Å². The summed E-state index contributed by atoms with van der Waals surface area (Å²) in [7, 11) is 0. The second-order valence-electron chi connectivity index (χ2n) is 9.12. The first-order valence-corrected chi connectivity index (χ1v) is 11.4. The third-order valence-electron chi connectivity index (χ3n) is 7.62. The van der Waals surface area contributed by atoms with Gasteiger partial charge in [0.25, 0.3) is 5.69 Å². The monoisotopic (exact) mass is 454 g/mol. The molecule has 2 fully saturated rings. The van der Waals surface area contributed by atoms with E-state index in [-0.39, 0.29) is 29.3 Å². The quantitative estimate of drug-likeness (QED) is 0.364. The van der Waals surface area contributed by atoms with Gasteiger partial charge in [-0.1, -0.05) is 30.3 Å². The van der Waals surface area contributed by atoms with Gasteiger partial charge in [-0.25, -0.2) is 0 Å². The average molecular weight is 454 g/mol. The molecule has 2 saturated heterocycles. The van der Waals surface area contributed by atoms with Gasteiger partial charge in [0.15, 0.2) is 5.78 Å². The highest BCUT2D eigenvalue weighted by molar-refractivity contribution is 6.12. The van der Waals surface area contributed by atoms with Crippen molar-refractivity contribution in [3.8, 4) is 0 Å². The van der Waals surface area contributed by atoms with Gasteiger partial charge in [-0.2, -0.15) is 0 Å². The van der Waals surface area contributed by atoms with Crippen LogP contribution in [0.2, 0.25) is 0 Å². The molecule has 1 amide bonds. The number of nitro benzene ring substituents is 1. The second-order valence-corrected chi connectivity index (χ2v) is 9.12. The van der Waals surface area contributed by atoms with E-state index < -0.39 is 16.4 Å². The number of hydrogen-bond acceptors (Lipinski definition) is 6. The maximum Gasteiger partial charge on any atom is 0.269 e. The predicted molar refractivity (Wildman–Crippen MR) is 124 cm³/mol. The van der Waals surface area contributed by atoms with Gasteiger partial charge in [0.1, 0.15) is 5.54 Å². The van der Waals surface area contributed by atoms with Crippen molar-refractivity contribution in [2.45, 2.75) is 30.3 Å². The van der Waals surface area contributed by atoms with Crippen molar-refractivity contribution in [1.82, 2.24) is 9.88 Å². The van der Waals surface area contributed by atoms with Crippen LogP contribution >= 0.6 is 0 Å². The Morgan fingerprint density at radius 1 is 1.12 bits per heavy atom. The van der Waals surface area contributed by atoms with Gasteiger partial charge in [0.2, 0.25) is 5.91 Å². The Hall–Kier alpha value is -3.91. The molecule has 3 aromatic rings. The number of carbonyl (C=O) groups excluding carboxylic acids is 2. The van der Waals surface area contributed by atoms with Crippen LogP contribution in [0.3, 0.4) is 0 Å². The van der Waals surface area contributed by atoms with E-state index in [9.17, 15) is 19.7 Å². The molecule has 3 aliphatic rings. The molecular weight excluding hydrogens is 432 g/mol. The lowest BCUT2D eigenvalue weighted by Crippen LogP contribution is -2.52. The Kier molecular flexibility index (Phi) is 4.60. The molecule has 8 heteroatoms. The summed E-state index contributed by atoms with van der Waals surface area (Å²) < 4.78 is 0. The summed E-state index contributed by atoms with van der Waals surface area (Å²) in [6, 6.07) is 17.3. The molecule has 0 unspecified atom stereocenters. The molecule has 3 aliphatic heterocycles. The molecule has 4 heterocycles. The first-order chi connectivity index (χ1) is 16.5. The molecule has 0 saturated carbocycles. The fraction of sp³-hybridized carbons (Fsp3) is 0.269. The molecule has 34 heavy (non-hydrogen) atoms. The molecule has 8 nitrogen and oxygen atoms in total. The Bertz CT molecular complexity index is 1330. The van der Waals surface area contributed by atoms with E-state index in [4.69, 9.17) is 0 Å². The molecule has 1 aromatic heterocycles. The van der Waals surface area contributed by atoms with E-state index in [0.29, 0.717) is 23.4 Å². The number of nitrogens with zero attached hydrogens (tertiary/aromatic N) is 3. The van der Waals surface area contributed by atoms with Crippen LogP contribution in [-0.4, -0.2) is 39.1 Å². The number of fused-ring (bicyclic) bond motifs is 4. The molecule has 170 valence electrons.